The van der Waals surface area contributed by atoms with Gasteiger partial charge in [-0.2, -0.15) is 4.98 Å². The van der Waals surface area contributed by atoms with Crippen molar-refractivity contribution in [1.29, 1.82) is 0 Å². The number of nitrogens with zero attached hydrogens (tertiary/aromatic N) is 3. The van der Waals surface area contributed by atoms with Crippen LogP contribution in [0.2, 0.25) is 0 Å². The Hall–Kier alpha value is -3.22. The summed E-state index contributed by atoms with van der Waals surface area (Å²) in [6, 6.07) is 14.8. The van der Waals surface area contributed by atoms with Gasteiger partial charge in [-0.1, -0.05) is 47.5 Å². The highest BCUT2D eigenvalue weighted by atomic mass is 32.2. The van der Waals surface area contributed by atoms with E-state index in [-0.39, 0.29) is 6.61 Å². The summed E-state index contributed by atoms with van der Waals surface area (Å²) in [6.07, 6.45) is 2.33. The molecule has 0 bridgehead atoms. The first-order valence-electron chi connectivity index (χ1n) is 11.4. The largest absolute Gasteiger partial charge is 0.436 e. The molecule has 4 aromatic rings. The molecule has 5 rings (SSSR count). The molecule has 2 aromatic carbocycles. The van der Waals surface area contributed by atoms with Crippen LogP contribution in [0.5, 0.6) is 11.6 Å². The van der Waals surface area contributed by atoms with Gasteiger partial charge >= 0.3 is 0 Å². The molecule has 0 fully saturated rings. The summed E-state index contributed by atoms with van der Waals surface area (Å²) in [4.78, 5) is 14.3. The lowest BCUT2D eigenvalue weighted by atomic mass is 9.99. The fraction of sp³-hybridized carbons (Fsp3) is 0.250. The second-order valence-corrected chi connectivity index (χ2v) is 9.80. The number of pyridine rings is 1. The van der Waals surface area contributed by atoms with Gasteiger partial charge in [0.2, 0.25) is 5.88 Å². The minimum atomic E-state index is -0.0818. The van der Waals surface area contributed by atoms with Gasteiger partial charge in [0.25, 0.3) is 0 Å². The number of hydrogen-bond acceptors (Lipinski definition) is 6. The molecular formula is C28H27N3O2S. The van der Waals surface area contributed by atoms with Gasteiger partial charge in [0.05, 0.1) is 17.9 Å². The molecule has 0 unspecified atom stereocenters. The van der Waals surface area contributed by atoms with E-state index in [2.05, 4.69) is 56.1 Å². The summed E-state index contributed by atoms with van der Waals surface area (Å²) < 4.78 is 6.34. The predicted octanol–water partition coefficient (Wildman–Crippen LogP) is 6.25. The molecule has 1 aliphatic heterocycles. The second kappa shape index (κ2) is 9.20. The van der Waals surface area contributed by atoms with E-state index in [1.807, 2.05) is 19.1 Å². The molecule has 0 amide bonds. The highest BCUT2D eigenvalue weighted by Gasteiger charge is 2.27. The van der Waals surface area contributed by atoms with Crippen molar-refractivity contribution < 1.29 is 9.84 Å². The Morgan fingerprint density at radius 3 is 2.56 bits per heavy atom. The van der Waals surface area contributed by atoms with E-state index < -0.39 is 0 Å². The number of aromatic nitrogens is 3. The van der Waals surface area contributed by atoms with Crippen LogP contribution >= 0.6 is 11.8 Å². The molecular weight excluding hydrogens is 442 g/mol. The van der Waals surface area contributed by atoms with Gasteiger partial charge in [-0.05, 0) is 44.9 Å². The average Bonchev–Trinajstić information content (AvgIpc) is 2.83. The molecule has 0 radical (unpaired) electrons. The van der Waals surface area contributed by atoms with Gasteiger partial charge in [-0.25, -0.2) is 4.98 Å². The predicted molar refractivity (Wildman–Crippen MR) is 135 cm³/mol. The lowest BCUT2D eigenvalue weighted by molar-refractivity contribution is 0.278. The van der Waals surface area contributed by atoms with Gasteiger partial charge in [-0.3, -0.25) is 4.98 Å². The molecule has 6 heteroatoms. The molecule has 1 aliphatic rings. The Balaban J connectivity index is 1.61. The standard InChI is InChI=1S/C28H27N3O2S/c1-16-6-5-7-20(10-16)26-30-27-24(12-23-22(14-32)13-29-19(4)25(23)33-27)28(31-26)34-15-21-11-17(2)8-9-18(21)3/h5-11,13,32H,12,14-15H2,1-4H3. The lowest BCUT2D eigenvalue weighted by Crippen LogP contribution is -2.13. The van der Waals surface area contributed by atoms with Crippen LogP contribution in [-0.2, 0) is 18.8 Å². The van der Waals surface area contributed by atoms with Gasteiger partial charge in [-0.15, -0.1) is 11.8 Å². The Morgan fingerprint density at radius 2 is 1.76 bits per heavy atom. The van der Waals surface area contributed by atoms with Crippen LogP contribution < -0.4 is 4.74 Å². The quantitative estimate of drug-likeness (QED) is 0.242. The summed E-state index contributed by atoms with van der Waals surface area (Å²) in [5.41, 5.74) is 9.42. The number of aliphatic hydroxyl groups is 1. The second-order valence-electron chi connectivity index (χ2n) is 8.84. The van der Waals surface area contributed by atoms with Gasteiger partial charge in [0.15, 0.2) is 11.6 Å². The van der Waals surface area contributed by atoms with Gasteiger partial charge in [0, 0.05) is 35.1 Å². The van der Waals surface area contributed by atoms with Crippen molar-refractivity contribution >= 4 is 11.8 Å². The van der Waals surface area contributed by atoms with E-state index in [1.54, 1.807) is 18.0 Å². The van der Waals surface area contributed by atoms with Crippen LogP contribution in [0.15, 0.2) is 53.7 Å². The van der Waals surface area contributed by atoms with Crippen molar-refractivity contribution in [3.05, 3.63) is 93.3 Å². The molecule has 3 heterocycles. The molecule has 0 aliphatic carbocycles. The van der Waals surface area contributed by atoms with E-state index in [9.17, 15) is 5.11 Å². The van der Waals surface area contributed by atoms with Crippen molar-refractivity contribution in [3.8, 4) is 23.0 Å². The third-order valence-electron chi connectivity index (χ3n) is 6.20. The number of hydrogen-bond donors (Lipinski definition) is 1. The third kappa shape index (κ3) is 4.31. The zero-order chi connectivity index (χ0) is 23.8. The molecule has 5 nitrogen and oxygen atoms in total. The van der Waals surface area contributed by atoms with E-state index >= 15 is 0 Å². The van der Waals surface area contributed by atoms with Crippen LogP contribution in [0, 0.1) is 27.7 Å². The SMILES string of the molecule is Cc1cccc(-c2nc3c(c(SCc4cc(C)ccc4C)n2)Cc2c(CO)cnc(C)c2O3)c1. The van der Waals surface area contributed by atoms with Crippen molar-refractivity contribution in [2.24, 2.45) is 0 Å². The molecule has 172 valence electrons. The van der Waals surface area contributed by atoms with E-state index in [4.69, 9.17) is 14.7 Å². The van der Waals surface area contributed by atoms with Crippen molar-refractivity contribution in [2.45, 2.75) is 51.5 Å². The number of aliphatic hydroxyl groups excluding tert-OH is 1. The Labute approximate surface area is 204 Å². The highest BCUT2D eigenvalue weighted by Crippen LogP contribution is 2.43. The minimum absolute atomic E-state index is 0.0818. The van der Waals surface area contributed by atoms with Crippen LogP contribution in [0.4, 0.5) is 0 Å². The zero-order valence-electron chi connectivity index (χ0n) is 19.8. The fourth-order valence-electron chi connectivity index (χ4n) is 4.23. The topological polar surface area (TPSA) is 68.1 Å². The normalized spacial score (nSPS) is 12.1. The number of fused-ring (bicyclic) bond motifs is 2. The highest BCUT2D eigenvalue weighted by molar-refractivity contribution is 7.98. The smallest absolute Gasteiger partial charge is 0.227 e. The molecule has 2 aromatic heterocycles. The van der Waals surface area contributed by atoms with Crippen LogP contribution in [0.25, 0.3) is 11.4 Å². The first-order chi connectivity index (χ1) is 16.4. The van der Waals surface area contributed by atoms with Crippen LogP contribution in [-0.4, -0.2) is 20.1 Å². The summed E-state index contributed by atoms with van der Waals surface area (Å²) in [5, 5.41) is 10.8. The number of benzene rings is 2. The monoisotopic (exact) mass is 469 g/mol. The van der Waals surface area contributed by atoms with Crippen LogP contribution in [0.1, 0.15) is 44.6 Å². The van der Waals surface area contributed by atoms with Gasteiger partial charge < -0.3 is 9.84 Å². The number of rotatable bonds is 5. The Kier molecular flexibility index (Phi) is 6.11. The molecule has 1 N–H and O–H groups in total. The van der Waals surface area contributed by atoms with E-state index in [1.165, 1.54) is 16.7 Å². The molecule has 0 spiro atoms. The number of aryl methyl sites for hydroxylation is 4. The summed E-state index contributed by atoms with van der Waals surface area (Å²) in [5.74, 6) is 2.72. The van der Waals surface area contributed by atoms with E-state index in [0.717, 1.165) is 44.3 Å². The molecule has 0 saturated heterocycles. The van der Waals surface area contributed by atoms with Crippen LogP contribution in [0.3, 0.4) is 0 Å². The summed E-state index contributed by atoms with van der Waals surface area (Å²) >= 11 is 1.71. The maximum atomic E-state index is 9.90. The van der Waals surface area contributed by atoms with Crippen molar-refractivity contribution in [3.63, 3.8) is 0 Å². The fourth-order valence-corrected chi connectivity index (χ4v) is 5.32. The summed E-state index contributed by atoms with van der Waals surface area (Å²) in [6.45, 7) is 8.17. The average molecular weight is 470 g/mol. The first kappa shape index (κ1) is 22.6. The number of thioether (sulfide) groups is 1. The van der Waals surface area contributed by atoms with E-state index in [0.29, 0.717) is 23.9 Å². The third-order valence-corrected chi connectivity index (χ3v) is 7.27. The maximum Gasteiger partial charge on any atom is 0.227 e. The molecule has 0 atom stereocenters. The van der Waals surface area contributed by atoms with Crippen molar-refractivity contribution in [2.75, 3.05) is 0 Å². The first-order valence-corrected chi connectivity index (χ1v) is 12.3. The summed E-state index contributed by atoms with van der Waals surface area (Å²) in [7, 11) is 0. The number of ether oxygens (including phenoxy) is 1. The lowest BCUT2D eigenvalue weighted by Gasteiger charge is -2.24. The molecule has 0 saturated carbocycles. The molecule has 34 heavy (non-hydrogen) atoms. The zero-order valence-corrected chi connectivity index (χ0v) is 20.7. The Morgan fingerprint density at radius 1 is 0.941 bits per heavy atom. The van der Waals surface area contributed by atoms with Crippen molar-refractivity contribution in [1.82, 2.24) is 15.0 Å². The Bertz CT molecular complexity index is 1400. The minimum Gasteiger partial charge on any atom is -0.436 e. The maximum absolute atomic E-state index is 9.90. The van der Waals surface area contributed by atoms with Gasteiger partial charge in [0.1, 0.15) is 5.03 Å².